The first kappa shape index (κ1) is 13.2. The van der Waals surface area contributed by atoms with Gasteiger partial charge in [-0.3, -0.25) is 4.79 Å². The smallest absolute Gasteiger partial charge is 0.410 e. The number of aliphatic carboxylic acids is 1. The van der Waals surface area contributed by atoms with Crippen molar-refractivity contribution in [3.05, 3.63) is 0 Å². The van der Waals surface area contributed by atoms with Crippen LogP contribution >= 0.6 is 0 Å². The molecule has 3 atom stereocenters. The first-order chi connectivity index (χ1) is 8.28. The van der Waals surface area contributed by atoms with Gasteiger partial charge in [-0.1, -0.05) is 0 Å². The number of hydrogen-bond acceptors (Lipinski definition) is 3. The number of ether oxygens (including phenoxy) is 1. The van der Waals surface area contributed by atoms with E-state index >= 15 is 0 Å². The molecule has 2 bridgehead atoms. The fourth-order valence-electron chi connectivity index (χ4n) is 2.99. The highest BCUT2D eigenvalue weighted by atomic mass is 16.6. The van der Waals surface area contributed by atoms with Crippen LogP contribution in [0.15, 0.2) is 0 Å². The molecule has 3 rings (SSSR count). The predicted molar refractivity (Wildman–Crippen MR) is 65.2 cm³/mol. The van der Waals surface area contributed by atoms with Crippen LogP contribution in [-0.4, -0.2) is 40.3 Å². The zero-order valence-corrected chi connectivity index (χ0v) is 11.2. The molecule has 3 aliphatic rings. The van der Waals surface area contributed by atoms with Crippen molar-refractivity contribution in [2.24, 2.45) is 11.8 Å². The van der Waals surface area contributed by atoms with E-state index in [1.807, 2.05) is 20.8 Å². The Morgan fingerprint density at radius 3 is 2.44 bits per heavy atom. The van der Waals surface area contributed by atoms with Gasteiger partial charge in [0.25, 0.3) is 0 Å². The van der Waals surface area contributed by atoms with Crippen LogP contribution in [0.5, 0.6) is 0 Å². The molecule has 2 aliphatic heterocycles. The fourth-order valence-corrected chi connectivity index (χ4v) is 2.99. The Hall–Kier alpha value is -1.26. The second-order valence-electron chi connectivity index (χ2n) is 6.32. The fraction of sp³-hybridized carbons (Fsp3) is 0.846. The first-order valence-corrected chi connectivity index (χ1v) is 6.50. The molecule has 2 saturated heterocycles. The maximum absolute atomic E-state index is 12.1. The molecule has 0 aromatic heterocycles. The minimum Gasteiger partial charge on any atom is -0.481 e. The lowest BCUT2D eigenvalue weighted by atomic mass is 9.73. The van der Waals surface area contributed by atoms with Crippen molar-refractivity contribution < 1.29 is 19.4 Å². The van der Waals surface area contributed by atoms with Gasteiger partial charge in [-0.2, -0.15) is 0 Å². The largest absolute Gasteiger partial charge is 0.481 e. The molecule has 18 heavy (non-hydrogen) atoms. The third-order valence-corrected chi connectivity index (χ3v) is 3.72. The van der Waals surface area contributed by atoms with Gasteiger partial charge in [0.15, 0.2) is 0 Å². The number of hydrogen-bond donors (Lipinski definition) is 1. The summed E-state index contributed by atoms with van der Waals surface area (Å²) in [7, 11) is 0. The maximum atomic E-state index is 12.1. The number of carbonyl (C=O) groups is 2. The van der Waals surface area contributed by atoms with Crippen LogP contribution in [0.1, 0.15) is 40.0 Å². The standard InChI is InChI=1S/C13H21NO4/c1-13(2,3)18-12(17)14-7-8-4-5-10(14)9(6-8)11(15)16/h8-10H,4-7H2,1-3H3,(H,15,16)/t8-,9-,10-/m0/s1. The second kappa shape index (κ2) is 4.44. The molecular formula is C13H21NO4. The third-order valence-electron chi connectivity index (χ3n) is 3.72. The Morgan fingerprint density at radius 2 is 1.94 bits per heavy atom. The normalized spacial score (nSPS) is 31.3. The predicted octanol–water partition coefficient (Wildman–Crippen LogP) is 2.11. The summed E-state index contributed by atoms with van der Waals surface area (Å²) in [5, 5.41) is 9.21. The summed E-state index contributed by atoms with van der Waals surface area (Å²) in [5.41, 5.74) is -0.535. The highest BCUT2D eigenvalue weighted by molar-refractivity contribution is 5.74. The molecule has 1 N–H and O–H groups in total. The Kier molecular flexibility index (Phi) is 3.25. The summed E-state index contributed by atoms with van der Waals surface area (Å²) >= 11 is 0. The van der Waals surface area contributed by atoms with Gasteiger partial charge in [0.2, 0.25) is 0 Å². The number of rotatable bonds is 1. The number of amides is 1. The van der Waals surface area contributed by atoms with Gasteiger partial charge in [0.1, 0.15) is 5.60 Å². The SMILES string of the molecule is CC(C)(C)OC(=O)N1C[C@H]2CC[C@H]1[C@@H](C(=O)O)C2. The van der Waals surface area contributed by atoms with Gasteiger partial charge in [-0.05, 0) is 46.0 Å². The van der Waals surface area contributed by atoms with Crippen molar-refractivity contribution in [3.63, 3.8) is 0 Å². The average Bonchev–Trinajstić information content (AvgIpc) is 2.27. The lowest BCUT2D eigenvalue weighted by molar-refractivity contribution is -0.149. The number of carbonyl (C=O) groups excluding carboxylic acids is 1. The van der Waals surface area contributed by atoms with E-state index < -0.39 is 17.5 Å². The van der Waals surface area contributed by atoms with Gasteiger partial charge < -0.3 is 14.7 Å². The minimum atomic E-state index is -0.794. The van der Waals surface area contributed by atoms with E-state index in [2.05, 4.69) is 0 Å². The van der Waals surface area contributed by atoms with E-state index in [-0.39, 0.29) is 12.1 Å². The molecule has 0 aromatic rings. The van der Waals surface area contributed by atoms with Crippen molar-refractivity contribution in [2.45, 2.75) is 51.7 Å². The summed E-state index contributed by atoms with van der Waals surface area (Å²) in [6, 6.07) is -0.192. The monoisotopic (exact) mass is 255 g/mol. The van der Waals surface area contributed by atoms with E-state index in [4.69, 9.17) is 4.74 Å². The molecule has 0 unspecified atom stereocenters. The quantitative estimate of drug-likeness (QED) is 0.779. The molecular weight excluding hydrogens is 234 g/mol. The van der Waals surface area contributed by atoms with Gasteiger partial charge in [-0.15, -0.1) is 0 Å². The van der Waals surface area contributed by atoms with Gasteiger partial charge in [0.05, 0.1) is 5.92 Å². The number of carboxylic acids is 1. The average molecular weight is 255 g/mol. The molecule has 1 aliphatic carbocycles. The molecule has 5 nitrogen and oxygen atoms in total. The maximum Gasteiger partial charge on any atom is 0.410 e. The number of carboxylic acid groups (broad SMARTS) is 1. The third kappa shape index (κ3) is 2.60. The molecule has 0 spiro atoms. The highest BCUT2D eigenvalue weighted by Gasteiger charge is 2.46. The van der Waals surface area contributed by atoms with Crippen molar-refractivity contribution in [1.29, 1.82) is 0 Å². The van der Waals surface area contributed by atoms with Crippen LogP contribution in [0.25, 0.3) is 0 Å². The molecule has 0 aromatic carbocycles. The molecule has 102 valence electrons. The molecule has 1 saturated carbocycles. The lowest BCUT2D eigenvalue weighted by Gasteiger charge is -2.48. The number of fused-ring (bicyclic) bond motifs is 3. The van der Waals surface area contributed by atoms with Gasteiger partial charge in [0, 0.05) is 12.6 Å². The minimum absolute atomic E-state index is 0.192. The van der Waals surface area contributed by atoms with E-state index in [1.165, 1.54) is 0 Å². The summed E-state index contributed by atoms with van der Waals surface area (Å²) in [4.78, 5) is 24.9. The van der Waals surface area contributed by atoms with Crippen LogP contribution in [0.3, 0.4) is 0 Å². The van der Waals surface area contributed by atoms with Crippen molar-refractivity contribution in [1.82, 2.24) is 4.90 Å². The Balaban J connectivity index is 2.10. The second-order valence-corrected chi connectivity index (χ2v) is 6.32. The topological polar surface area (TPSA) is 66.8 Å². The molecule has 1 amide bonds. The van der Waals surface area contributed by atoms with Gasteiger partial charge >= 0.3 is 12.1 Å². The molecule has 2 heterocycles. The Labute approximate surface area is 107 Å². The van der Waals surface area contributed by atoms with Crippen molar-refractivity contribution >= 4 is 12.1 Å². The summed E-state index contributed by atoms with van der Waals surface area (Å²) in [5.74, 6) is -0.911. The molecule has 3 fully saturated rings. The zero-order valence-electron chi connectivity index (χ0n) is 11.2. The van der Waals surface area contributed by atoms with E-state index in [1.54, 1.807) is 4.90 Å². The lowest BCUT2D eigenvalue weighted by Crippen LogP contribution is -2.57. The number of nitrogens with zero attached hydrogens (tertiary/aromatic N) is 1. The van der Waals surface area contributed by atoms with Crippen LogP contribution in [0.4, 0.5) is 4.79 Å². The van der Waals surface area contributed by atoms with Crippen LogP contribution in [-0.2, 0) is 9.53 Å². The van der Waals surface area contributed by atoms with E-state index in [9.17, 15) is 14.7 Å². The Bertz CT molecular complexity index is 360. The van der Waals surface area contributed by atoms with E-state index in [0.29, 0.717) is 18.9 Å². The summed E-state index contributed by atoms with van der Waals surface area (Å²) < 4.78 is 5.35. The van der Waals surface area contributed by atoms with Crippen LogP contribution < -0.4 is 0 Å². The van der Waals surface area contributed by atoms with Crippen LogP contribution in [0, 0.1) is 11.8 Å². The summed E-state index contributed by atoms with van der Waals surface area (Å²) in [6.07, 6.45) is 2.12. The van der Waals surface area contributed by atoms with E-state index in [0.717, 1.165) is 12.8 Å². The zero-order chi connectivity index (χ0) is 13.5. The number of piperidine rings is 2. The van der Waals surface area contributed by atoms with Crippen molar-refractivity contribution in [3.8, 4) is 0 Å². The van der Waals surface area contributed by atoms with Crippen molar-refractivity contribution in [2.75, 3.05) is 6.54 Å². The summed E-state index contributed by atoms with van der Waals surface area (Å²) in [6.45, 7) is 6.11. The highest BCUT2D eigenvalue weighted by Crippen LogP contribution is 2.39. The molecule has 5 heteroatoms. The Morgan fingerprint density at radius 1 is 1.28 bits per heavy atom. The van der Waals surface area contributed by atoms with Crippen LogP contribution in [0.2, 0.25) is 0 Å². The molecule has 0 radical (unpaired) electrons. The van der Waals surface area contributed by atoms with Gasteiger partial charge in [-0.25, -0.2) is 4.79 Å². The first-order valence-electron chi connectivity index (χ1n) is 6.50.